The Kier molecular flexibility index (Phi) is 4.16. The van der Waals surface area contributed by atoms with Gasteiger partial charge in [0, 0.05) is 24.7 Å². The van der Waals surface area contributed by atoms with Crippen molar-refractivity contribution in [3.63, 3.8) is 0 Å². The maximum Gasteiger partial charge on any atom is 0.253 e. The molecule has 2 heterocycles. The average molecular weight is 302 g/mol. The third-order valence-corrected chi connectivity index (χ3v) is 4.45. The van der Waals surface area contributed by atoms with Gasteiger partial charge in [-0.1, -0.05) is 18.2 Å². The van der Waals surface area contributed by atoms with Crippen molar-refractivity contribution < 1.29 is 14.3 Å². The fourth-order valence-corrected chi connectivity index (χ4v) is 2.94. The highest BCUT2D eigenvalue weighted by atomic mass is 16.5. The van der Waals surface area contributed by atoms with Gasteiger partial charge in [-0.15, -0.1) is 0 Å². The number of hydrogen-bond donors (Lipinski definition) is 1. The molecular formula is C17H22N2O3. The highest BCUT2D eigenvalue weighted by Crippen LogP contribution is 2.27. The molecule has 2 amide bonds. The Morgan fingerprint density at radius 2 is 2.00 bits per heavy atom. The summed E-state index contributed by atoms with van der Waals surface area (Å²) < 4.78 is 5.14. The maximum atomic E-state index is 12.5. The third kappa shape index (κ3) is 2.99. The molecule has 5 nitrogen and oxygen atoms in total. The summed E-state index contributed by atoms with van der Waals surface area (Å²) >= 11 is 0. The summed E-state index contributed by atoms with van der Waals surface area (Å²) in [4.78, 5) is 26.6. The number of amides is 2. The second-order valence-corrected chi connectivity index (χ2v) is 6.48. The summed E-state index contributed by atoms with van der Waals surface area (Å²) in [6, 6.07) is 9.33. The number of carbonyl (C=O) groups excluding carboxylic acids is 2. The standard InChI is InChI=1S/C17H22N2O3/c1-17(11-22-12-17)16(21)18-14-8-5-9-19(10-14)15(20)13-6-3-2-4-7-13/h2-4,6-7,14H,5,8-12H2,1H3,(H,18,21). The van der Waals surface area contributed by atoms with Gasteiger partial charge in [-0.3, -0.25) is 9.59 Å². The molecule has 2 saturated heterocycles. The summed E-state index contributed by atoms with van der Waals surface area (Å²) in [5, 5.41) is 3.08. The Bertz CT molecular complexity index is 554. The summed E-state index contributed by atoms with van der Waals surface area (Å²) in [7, 11) is 0. The summed E-state index contributed by atoms with van der Waals surface area (Å²) in [6.07, 6.45) is 1.83. The molecule has 0 bridgehead atoms. The van der Waals surface area contributed by atoms with Crippen LogP contribution in [0, 0.1) is 5.41 Å². The van der Waals surface area contributed by atoms with Crippen molar-refractivity contribution >= 4 is 11.8 Å². The highest BCUT2D eigenvalue weighted by molar-refractivity contribution is 5.94. The molecule has 22 heavy (non-hydrogen) atoms. The van der Waals surface area contributed by atoms with Crippen LogP contribution in [0.2, 0.25) is 0 Å². The van der Waals surface area contributed by atoms with Crippen LogP contribution in [0.1, 0.15) is 30.1 Å². The van der Waals surface area contributed by atoms with E-state index in [1.807, 2.05) is 42.2 Å². The van der Waals surface area contributed by atoms with Crippen molar-refractivity contribution in [1.29, 1.82) is 0 Å². The molecule has 118 valence electrons. The lowest BCUT2D eigenvalue weighted by Crippen LogP contribution is -2.57. The highest BCUT2D eigenvalue weighted by Gasteiger charge is 2.42. The van der Waals surface area contributed by atoms with Gasteiger partial charge in [0.1, 0.15) is 0 Å². The molecule has 2 aliphatic heterocycles. The zero-order chi connectivity index (χ0) is 15.6. The molecule has 1 aromatic rings. The lowest BCUT2D eigenvalue weighted by molar-refractivity contribution is -0.158. The van der Waals surface area contributed by atoms with Gasteiger partial charge in [0.15, 0.2) is 0 Å². The Balaban J connectivity index is 1.60. The van der Waals surface area contributed by atoms with Crippen LogP contribution in [0.4, 0.5) is 0 Å². The molecule has 1 aromatic carbocycles. The molecule has 3 rings (SSSR count). The minimum Gasteiger partial charge on any atom is -0.379 e. The first-order valence-electron chi connectivity index (χ1n) is 7.81. The first-order chi connectivity index (χ1) is 10.6. The maximum absolute atomic E-state index is 12.5. The van der Waals surface area contributed by atoms with Gasteiger partial charge in [-0.2, -0.15) is 0 Å². The zero-order valence-corrected chi connectivity index (χ0v) is 12.9. The molecule has 1 unspecified atom stereocenters. The molecule has 2 fully saturated rings. The first kappa shape index (κ1) is 15.0. The quantitative estimate of drug-likeness (QED) is 0.919. The fourth-order valence-electron chi connectivity index (χ4n) is 2.94. The van der Waals surface area contributed by atoms with Crippen LogP contribution in [0.25, 0.3) is 0 Å². The van der Waals surface area contributed by atoms with Crippen LogP contribution in [-0.4, -0.2) is 49.1 Å². The molecule has 5 heteroatoms. The van der Waals surface area contributed by atoms with Crippen LogP contribution >= 0.6 is 0 Å². The molecular weight excluding hydrogens is 280 g/mol. The van der Waals surface area contributed by atoms with Gasteiger partial charge >= 0.3 is 0 Å². The smallest absolute Gasteiger partial charge is 0.253 e. The summed E-state index contributed by atoms with van der Waals surface area (Å²) in [6.45, 7) is 4.22. The lowest BCUT2D eigenvalue weighted by atomic mass is 9.87. The second-order valence-electron chi connectivity index (χ2n) is 6.48. The number of carbonyl (C=O) groups is 2. The first-order valence-corrected chi connectivity index (χ1v) is 7.81. The summed E-state index contributed by atoms with van der Waals surface area (Å²) in [5.74, 6) is 0.0792. The van der Waals surface area contributed by atoms with E-state index in [4.69, 9.17) is 4.74 Å². The lowest BCUT2D eigenvalue weighted by Gasteiger charge is -2.39. The molecule has 0 radical (unpaired) electrons. The van der Waals surface area contributed by atoms with E-state index < -0.39 is 5.41 Å². The van der Waals surface area contributed by atoms with Gasteiger partial charge in [0.2, 0.25) is 5.91 Å². The fraction of sp³-hybridized carbons (Fsp3) is 0.529. The second kappa shape index (κ2) is 6.08. The Morgan fingerprint density at radius 1 is 1.27 bits per heavy atom. The molecule has 2 aliphatic rings. The van der Waals surface area contributed by atoms with Crippen molar-refractivity contribution in [2.24, 2.45) is 5.41 Å². The molecule has 1 atom stereocenters. The van der Waals surface area contributed by atoms with Crippen LogP contribution < -0.4 is 5.32 Å². The van der Waals surface area contributed by atoms with Crippen molar-refractivity contribution in [2.75, 3.05) is 26.3 Å². The molecule has 0 aromatic heterocycles. The SMILES string of the molecule is CC1(C(=O)NC2CCCN(C(=O)c3ccccc3)C2)COC1. The van der Waals surface area contributed by atoms with Crippen LogP contribution in [-0.2, 0) is 9.53 Å². The van der Waals surface area contributed by atoms with Crippen LogP contribution in [0.15, 0.2) is 30.3 Å². The average Bonchev–Trinajstić information content (AvgIpc) is 2.53. The normalized spacial score (nSPS) is 23.5. The van der Waals surface area contributed by atoms with E-state index in [-0.39, 0.29) is 17.9 Å². The van der Waals surface area contributed by atoms with Crippen molar-refractivity contribution in [1.82, 2.24) is 10.2 Å². The number of benzene rings is 1. The van der Waals surface area contributed by atoms with E-state index in [1.54, 1.807) is 0 Å². The van der Waals surface area contributed by atoms with Gasteiger partial charge in [0.05, 0.1) is 18.6 Å². The Hall–Kier alpha value is -1.88. The zero-order valence-electron chi connectivity index (χ0n) is 12.9. The van der Waals surface area contributed by atoms with Gasteiger partial charge in [0.25, 0.3) is 5.91 Å². The monoisotopic (exact) mass is 302 g/mol. The number of hydrogen-bond acceptors (Lipinski definition) is 3. The van der Waals surface area contributed by atoms with E-state index in [9.17, 15) is 9.59 Å². The number of ether oxygens (including phenoxy) is 1. The van der Waals surface area contributed by atoms with Crippen LogP contribution in [0.5, 0.6) is 0 Å². The van der Waals surface area contributed by atoms with E-state index in [0.717, 1.165) is 19.4 Å². The number of likely N-dealkylation sites (tertiary alicyclic amines) is 1. The minimum atomic E-state index is -0.397. The molecule has 1 N–H and O–H groups in total. The molecule has 0 spiro atoms. The van der Waals surface area contributed by atoms with Gasteiger partial charge in [-0.25, -0.2) is 0 Å². The van der Waals surface area contributed by atoms with Crippen molar-refractivity contribution in [3.05, 3.63) is 35.9 Å². The van der Waals surface area contributed by atoms with E-state index in [2.05, 4.69) is 5.32 Å². The third-order valence-electron chi connectivity index (χ3n) is 4.45. The molecule has 0 aliphatic carbocycles. The van der Waals surface area contributed by atoms with E-state index >= 15 is 0 Å². The van der Waals surface area contributed by atoms with Crippen molar-refractivity contribution in [3.8, 4) is 0 Å². The number of rotatable bonds is 3. The van der Waals surface area contributed by atoms with Gasteiger partial charge in [-0.05, 0) is 31.9 Å². The summed E-state index contributed by atoms with van der Waals surface area (Å²) in [5.41, 5.74) is 0.306. The number of piperidine rings is 1. The molecule has 0 saturated carbocycles. The van der Waals surface area contributed by atoms with Gasteiger partial charge < -0.3 is 15.0 Å². The Morgan fingerprint density at radius 3 is 2.64 bits per heavy atom. The van der Waals surface area contributed by atoms with E-state index in [0.29, 0.717) is 25.3 Å². The van der Waals surface area contributed by atoms with Crippen molar-refractivity contribution in [2.45, 2.75) is 25.8 Å². The van der Waals surface area contributed by atoms with E-state index in [1.165, 1.54) is 0 Å². The predicted molar refractivity (Wildman–Crippen MR) is 82.4 cm³/mol. The predicted octanol–water partition coefficient (Wildman–Crippen LogP) is 1.44. The largest absolute Gasteiger partial charge is 0.379 e. The Labute approximate surface area is 130 Å². The minimum absolute atomic E-state index is 0.0336. The number of nitrogens with zero attached hydrogens (tertiary/aromatic N) is 1. The number of nitrogens with one attached hydrogen (secondary N) is 1. The van der Waals surface area contributed by atoms with Crippen LogP contribution in [0.3, 0.4) is 0 Å². The topological polar surface area (TPSA) is 58.6 Å².